The maximum Gasteiger partial charge on any atom is 0.0847 e. The van der Waals surface area contributed by atoms with Crippen molar-refractivity contribution in [2.45, 2.75) is 26.3 Å². The van der Waals surface area contributed by atoms with Gasteiger partial charge in [-0.3, -0.25) is 16.0 Å². The summed E-state index contributed by atoms with van der Waals surface area (Å²) in [5.41, 5.74) is 7.19. The van der Waals surface area contributed by atoms with Crippen LogP contribution in [0.25, 0.3) is 0 Å². The highest BCUT2D eigenvalue weighted by molar-refractivity contribution is 7.08. The van der Waals surface area contributed by atoms with Crippen molar-refractivity contribution in [3.05, 3.63) is 38.3 Å². The average Bonchev–Trinajstić information content (AvgIpc) is 2.84. The predicted octanol–water partition coefficient (Wildman–Crippen LogP) is 2.50. The van der Waals surface area contributed by atoms with Crippen LogP contribution in [0.4, 0.5) is 0 Å². The molecule has 0 bridgehead atoms. The maximum absolute atomic E-state index is 6.27. The molecule has 0 aliphatic rings. The number of nitrogens with one attached hydrogen (secondary N) is 1. The van der Waals surface area contributed by atoms with Crippen molar-refractivity contribution in [2.75, 3.05) is 0 Å². The second kappa shape index (κ2) is 5.40. The third-order valence-corrected chi connectivity index (χ3v) is 4.50. The molecule has 1 atom stereocenters. The number of nitrogens with two attached hydrogens (primary N) is 1. The molecule has 0 aliphatic carbocycles. The van der Waals surface area contributed by atoms with E-state index < -0.39 is 0 Å². The molecule has 0 saturated heterocycles. The van der Waals surface area contributed by atoms with E-state index in [1.54, 1.807) is 11.3 Å². The summed E-state index contributed by atoms with van der Waals surface area (Å²) in [5.74, 6) is 5.67. The molecular weight excluding hydrogens is 268 g/mol. The van der Waals surface area contributed by atoms with E-state index in [2.05, 4.69) is 28.2 Å². The minimum atomic E-state index is 0.0588. The van der Waals surface area contributed by atoms with Gasteiger partial charge >= 0.3 is 0 Å². The van der Waals surface area contributed by atoms with Crippen molar-refractivity contribution in [3.8, 4) is 0 Å². The first-order valence-corrected chi connectivity index (χ1v) is 7.03. The van der Waals surface area contributed by atoms with Crippen molar-refractivity contribution < 1.29 is 0 Å². The second-order valence-electron chi connectivity index (χ2n) is 4.40. The van der Waals surface area contributed by atoms with Gasteiger partial charge in [0.05, 0.1) is 22.5 Å². The molecule has 2 heterocycles. The highest BCUT2D eigenvalue weighted by Crippen LogP contribution is 2.28. The molecule has 2 aromatic heterocycles. The molecule has 0 aromatic carbocycles. The lowest BCUT2D eigenvalue weighted by atomic mass is 10.0. The van der Waals surface area contributed by atoms with Gasteiger partial charge in [-0.1, -0.05) is 11.6 Å². The molecule has 3 N–H and O–H groups in total. The molecule has 0 radical (unpaired) electrons. The Balaban J connectivity index is 2.29. The molecule has 0 aliphatic heterocycles. The molecule has 2 rings (SSSR count). The molecule has 0 spiro atoms. The summed E-state index contributed by atoms with van der Waals surface area (Å²) >= 11 is 7.95. The van der Waals surface area contributed by atoms with E-state index in [0.29, 0.717) is 0 Å². The molecule has 0 amide bonds. The zero-order chi connectivity index (χ0) is 13.3. The van der Waals surface area contributed by atoms with Crippen LogP contribution in [0.5, 0.6) is 0 Å². The van der Waals surface area contributed by atoms with E-state index in [9.17, 15) is 0 Å². The normalized spacial score (nSPS) is 12.9. The van der Waals surface area contributed by atoms with E-state index in [-0.39, 0.29) is 6.04 Å². The monoisotopic (exact) mass is 284 g/mol. The maximum atomic E-state index is 6.27. The lowest BCUT2D eigenvalue weighted by Gasteiger charge is -2.16. The zero-order valence-corrected chi connectivity index (χ0v) is 12.3. The summed E-state index contributed by atoms with van der Waals surface area (Å²) in [5, 5.41) is 9.29. The van der Waals surface area contributed by atoms with Gasteiger partial charge in [0.25, 0.3) is 0 Å². The fourth-order valence-corrected chi connectivity index (χ4v) is 3.22. The van der Waals surface area contributed by atoms with Crippen LogP contribution in [-0.4, -0.2) is 9.78 Å². The Morgan fingerprint density at radius 1 is 1.50 bits per heavy atom. The Labute approximate surface area is 116 Å². The Hall–Kier alpha value is -0.880. The van der Waals surface area contributed by atoms with Gasteiger partial charge in [-0.2, -0.15) is 16.4 Å². The van der Waals surface area contributed by atoms with Crippen LogP contribution in [0.15, 0.2) is 10.8 Å². The van der Waals surface area contributed by atoms with E-state index in [0.717, 1.165) is 22.8 Å². The highest BCUT2D eigenvalue weighted by Gasteiger charge is 2.19. The summed E-state index contributed by atoms with van der Waals surface area (Å²) in [6.07, 6.45) is 0.726. The van der Waals surface area contributed by atoms with Crippen LogP contribution < -0.4 is 11.3 Å². The molecule has 0 saturated carbocycles. The summed E-state index contributed by atoms with van der Waals surface area (Å²) < 4.78 is 1.82. The number of thiophene rings is 1. The molecular formula is C12H17ClN4S. The largest absolute Gasteiger partial charge is 0.271 e. The first kappa shape index (κ1) is 13.5. The van der Waals surface area contributed by atoms with Crippen LogP contribution in [0.3, 0.4) is 0 Å². The Morgan fingerprint density at radius 2 is 2.22 bits per heavy atom. The zero-order valence-electron chi connectivity index (χ0n) is 10.7. The van der Waals surface area contributed by atoms with Gasteiger partial charge in [-0.05, 0) is 35.7 Å². The third kappa shape index (κ3) is 2.44. The highest BCUT2D eigenvalue weighted by atomic mass is 35.5. The molecule has 98 valence electrons. The molecule has 2 aromatic rings. The molecule has 1 unspecified atom stereocenters. The lowest BCUT2D eigenvalue weighted by Crippen LogP contribution is -2.30. The fraction of sp³-hybridized carbons (Fsp3) is 0.417. The van der Waals surface area contributed by atoms with Gasteiger partial charge in [-0.15, -0.1) is 0 Å². The first-order valence-electron chi connectivity index (χ1n) is 5.71. The molecule has 6 heteroatoms. The van der Waals surface area contributed by atoms with Crippen molar-refractivity contribution in [1.29, 1.82) is 0 Å². The number of halogens is 1. The van der Waals surface area contributed by atoms with Gasteiger partial charge in [0.2, 0.25) is 0 Å². The Bertz CT molecular complexity index is 546. The van der Waals surface area contributed by atoms with Gasteiger partial charge < -0.3 is 0 Å². The standard InChI is InChI=1S/C12H17ClN4S/c1-7-5-18-6-9(7)10(15-14)4-11-12(13)8(2)16-17(11)3/h5-6,10,15H,4,14H2,1-3H3. The Morgan fingerprint density at radius 3 is 2.67 bits per heavy atom. The average molecular weight is 285 g/mol. The minimum absolute atomic E-state index is 0.0588. The van der Waals surface area contributed by atoms with E-state index >= 15 is 0 Å². The summed E-state index contributed by atoms with van der Waals surface area (Å²) in [6, 6.07) is 0.0588. The number of aryl methyl sites for hydroxylation is 3. The fourth-order valence-electron chi connectivity index (χ4n) is 2.08. The van der Waals surface area contributed by atoms with Crippen LogP contribution >= 0.6 is 22.9 Å². The number of aromatic nitrogens is 2. The molecule has 18 heavy (non-hydrogen) atoms. The smallest absolute Gasteiger partial charge is 0.0847 e. The second-order valence-corrected chi connectivity index (χ2v) is 5.52. The Kier molecular flexibility index (Phi) is 4.07. The predicted molar refractivity (Wildman–Crippen MR) is 75.8 cm³/mol. The third-order valence-electron chi connectivity index (χ3n) is 3.13. The van der Waals surface area contributed by atoms with Crippen molar-refractivity contribution >= 4 is 22.9 Å². The van der Waals surface area contributed by atoms with Gasteiger partial charge in [0, 0.05) is 13.5 Å². The van der Waals surface area contributed by atoms with Crippen LogP contribution in [-0.2, 0) is 13.5 Å². The van der Waals surface area contributed by atoms with Gasteiger partial charge in [-0.25, -0.2) is 0 Å². The van der Waals surface area contributed by atoms with E-state index in [1.807, 2.05) is 18.7 Å². The van der Waals surface area contributed by atoms with Crippen molar-refractivity contribution in [3.63, 3.8) is 0 Å². The SMILES string of the molecule is Cc1cscc1C(Cc1c(Cl)c(C)nn1C)NN. The van der Waals surface area contributed by atoms with E-state index in [4.69, 9.17) is 17.4 Å². The summed E-state index contributed by atoms with van der Waals surface area (Å²) in [4.78, 5) is 0. The number of hydrogen-bond acceptors (Lipinski definition) is 4. The number of rotatable bonds is 4. The van der Waals surface area contributed by atoms with Crippen molar-refractivity contribution in [1.82, 2.24) is 15.2 Å². The summed E-state index contributed by atoms with van der Waals surface area (Å²) in [7, 11) is 1.91. The van der Waals surface area contributed by atoms with Crippen LogP contribution in [0, 0.1) is 13.8 Å². The summed E-state index contributed by atoms with van der Waals surface area (Å²) in [6.45, 7) is 4.00. The van der Waals surface area contributed by atoms with Crippen LogP contribution in [0.1, 0.15) is 28.6 Å². The quantitative estimate of drug-likeness (QED) is 0.670. The number of nitrogens with zero attached hydrogens (tertiary/aromatic N) is 2. The topological polar surface area (TPSA) is 55.9 Å². The number of hydrogen-bond donors (Lipinski definition) is 2. The van der Waals surface area contributed by atoms with Crippen LogP contribution in [0.2, 0.25) is 5.02 Å². The van der Waals surface area contributed by atoms with Crippen molar-refractivity contribution in [2.24, 2.45) is 12.9 Å². The molecule has 4 nitrogen and oxygen atoms in total. The van der Waals surface area contributed by atoms with Gasteiger partial charge in [0.15, 0.2) is 0 Å². The van der Waals surface area contributed by atoms with E-state index in [1.165, 1.54) is 11.1 Å². The minimum Gasteiger partial charge on any atom is -0.271 e. The van der Waals surface area contributed by atoms with Gasteiger partial charge in [0.1, 0.15) is 0 Å². The number of hydrazine groups is 1. The lowest BCUT2D eigenvalue weighted by molar-refractivity contribution is 0.529. The first-order chi connectivity index (χ1) is 8.54. The molecule has 0 fully saturated rings.